The Morgan fingerprint density at radius 1 is 1.08 bits per heavy atom. The SMILES string of the molecule is CCCC(=O)Oc1cc(N2CCOCC2)c(OC(=O)CCC)cc1[N+]#N. The average molecular weight is 362 g/mol. The molecule has 1 aliphatic heterocycles. The highest BCUT2D eigenvalue weighted by atomic mass is 16.5. The predicted molar refractivity (Wildman–Crippen MR) is 95.3 cm³/mol. The van der Waals surface area contributed by atoms with Crippen LogP contribution in [-0.4, -0.2) is 38.2 Å². The predicted octanol–water partition coefficient (Wildman–Crippen LogP) is 3.42. The Bertz CT molecular complexity index is 693. The second kappa shape index (κ2) is 9.73. The fourth-order valence-electron chi connectivity index (χ4n) is 2.59. The third-order valence-corrected chi connectivity index (χ3v) is 3.86. The number of hydrogen-bond acceptors (Lipinski definition) is 7. The summed E-state index contributed by atoms with van der Waals surface area (Å²) in [6, 6.07) is 2.98. The standard InChI is InChI=1S/C18H24N3O5/c1-3-5-17(22)25-15-12-14(21-7-9-24-10-8-21)16(11-13(15)20-19)26-18(23)6-4-2/h11-12H,3-10H2,1-2H3/q+1. The van der Waals surface area contributed by atoms with E-state index in [1.165, 1.54) is 6.07 Å². The third-order valence-electron chi connectivity index (χ3n) is 3.86. The van der Waals surface area contributed by atoms with Gasteiger partial charge in [0, 0.05) is 32.0 Å². The molecule has 0 atom stereocenters. The van der Waals surface area contributed by atoms with E-state index in [4.69, 9.17) is 14.2 Å². The zero-order valence-electron chi connectivity index (χ0n) is 15.2. The molecule has 2 rings (SSSR count). The quantitative estimate of drug-likeness (QED) is 0.417. The highest BCUT2D eigenvalue weighted by Crippen LogP contribution is 2.41. The smallest absolute Gasteiger partial charge is 0.424 e. The van der Waals surface area contributed by atoms with Crippen molar-refractivity contribution in [2.45, 2.75) is 39.5 Å². The van der Waals surface area contributed by atoms with Gasteiger partial charge in [0.15, 0.2) is 10.7 Å². The van der Waals surface area contributed by atoms with Gasteiger partial charge in [0.2, 0.25) is 11.1 Å². The van der Waals surface area contributed by atoms with Crippen LogP contribution in [0, 0.1) is 5.39 Å². The summed E-state index contributed by atoms with van der Waals surface area (Å²) < 4.78 is 16.1. The summed E-state index contributed by atoms with van der Waals surface area (Å²) in [5.41, 5.74) is 0.634. The second-order valence-corrected chi connectivity index (χ2v) is 5.94. The molecule has 1 saturated heterocycles. The molecule has 1 heterocycles. The Morgan fingerprint density at radius 3 is 2.19 bits per heavy atom. The van der Waals surface area contributed by atoms with Gasteiger partial charge in [-0.25, -0.2) is 0 Å². The van der Waals surface area contributed by atoms with E-state index in [2.05, 4.69) is 4.98 Å². The fraction of sp³-hybridized carbons (Fsp3) is 0.556. The number of anilines is 1. The normalized spacial score (nSPS) is 13.8. The van der Waals surface area contributed by atoms with Crippen LogP contribution in [0.3, 0.4) is 0 Å². The number of nitrogens with zero attached hydrogens (tertiary/aromatic N) is 3. The lowest BCUT2D eigenvalue weighted by Gasteiger charge is -2.30. The van der Waals surface area contributed by atoms with Gasteiger partial charge in [-0.15, -0.1) is 0 Å². The van der Waals surface area contributed by atoms with Gasteiger partial charge in [-0.05, 0) is 12.8 Å². The molecule has 26 heavy (non-hydrogen) atoms. The summed E-state index contributed by atoms with van der Waals surface area (Å²) in [7, 11) is 0. The van der Waals surface area contributed by atoms with Crippen molar-refractivity contribution in [2.24, 2.45) is 0 Å². The highest BCUT2D eigenvalue weighted by molar-refractivity contribution is 5.81. The van der Waals surface area contributed by atoms with Crippen LogP contribution >= 0.6 is 0 Å². The molecular weight excluding hydrogens is 338 g/mol. The molecule has 0 aromatic heterocycles. The van der Waals surface area contributed by atoms with E-state index in [0.29, 0.717) is 44.8 Å². The number of morpholine rings is 1. The van der Waals surface area contributed by atoms with E-state index in [0.717, 1.165) is 0 Å². The summed E-state index contributed by atoms with van der Waals surface area (Å²) in [6.45, 7) is 6.05. The number of carbonyl (C=O) groups excluding carboxylic acids is 2. The van der Waals surface area contributed by atoms with E-state index >= 15 is 0 Å². The van der Waals surface area contributed by atoms with E-state index in [1.807, 2.05) is 18.7 Å². The Labute approximate surface area is 152 Å². The average Bonchev–Trinajstić information content (AvgIpc) is 2.63. The summed E-state index contributed by atoms with van der Waals surface area (Å²) in [5.74, 6) is -0.390. The molecule has 0 radical (unpaired) electrons. The molecule has 0 aliphatic carbocycles. The van der Waals surface area contributed by atoms with E-state index in [9.17, 15) is 15.0 Å². The molecule has 140 valence electrons. The zero-order chi connectivity index (χ0) is 18.9. The van der Waals surface area contributed by atoms with Crippen LogP contribution in [0.15, 0.2) is 12.1 Å². The Kier molecular flexibility index (Phi) is 7.36. The van der Waals surface area contributed by atoms with Crippen LogP contribution in [-0.2, 0) is 14.3 Å². The molecule has 1 fully saturated rings. The lowest BCUT2D eigenvalue weighted by Crippen LogP contribution is -2.36. The van der Waals surface area contributed by atoms with Gasteiger partial charge in [0.1, 0.15) is 0 Å². The van der Waals surface area contributed by atoms with Gasteiger partial charge in [-0.2, -0.15) is 0 Å². The van der Waals surface area contributed by atoms with Crippen molar-refractivity contribution < 1.29 is 23.8 Å². The fourth-order valence-corrected chi connectivity index (χ4v) is 2.59. The Hall–Kier alpha value is -2.66. The van der Waals surface area contributed by atoms with Crippen LogP contribution < -0.4 is 14.4 Å². The molecular formula is C18H24N3O5+. The highest BCUT2D eigenvalue weighted by Gasteiger charge is 2.27. The van der Waals surface area contributed by atoms with Gasteiger partial charge >= 0.3 is 17.6 Å². The maximum Gasteiger partial charge on any atom is 0.430 e. The van der Waals surface area contributed by atoms with E-state index < -0.39 is 5.97 Å². The summed E-state index contributed by atoms with van der Waals surface area (Å²) in [5, 5.41) is 9.28. The molecule has 0 amide bonds. The molecule has 0 saturated carbocycles. The lowest BCUT2D eigenvalue weighted by atomic mass is 10.2. The molecule has 0 spiro atoms. The van der Waals surface area contributed by atoms with Crippen molar-refractivity contribution in [3.8, 4) is 11.5 Å². The number of rotatable bonds is 7. The number of carbonyl (C=O) groups is 2. The molecule has 8 nitrogen and oxygen atoms in total. The molecule has 8 heteroatoms. The Balaban J connectivity index is 2.39. The first-order chi connectivity index (χ1) is 12.6. The molecule has 0 unspecified atom stereocenters. The van der Waals surface area contributed by atoms with Gasteiger partial charge in [-0.1, -0.05) is 13.8 Å². The van der Waals surface area contributed by atoms with Crippen molar-refractivity contribution in [1.82, 2.24) is 0 Å². The first-order valence-corrected chi connectivity index (χ1v) is 8.86. The zero-order valence-corrected chi connectivity index (χ0v) is 15.2. The minimum absolute atomic E-state index is 0.0331. The number of ether oxygens (including phenoxy) is 3. The maximum absolute atomic E-state index is 12.0. The molecule has 0 N–H and O–H groups in total. The first kappa shape index (κ1) is 19.7. The van der Waals surface area contributed by atoms with Crippen molar-refractivity contribution >= 4 is 23.3 Å². The van der Waals surface area contributed by atoms with Gasteiger partial charge in [0.05, 0.1) is 25.0 Å². The summed E-state index contributed by atoms with van der Waals surface area (Å²) in [6.07, 6.45) is 1.84. The molecule has 1 aromatic rings. The minimum Gasteiger partial charge on any atom is -0.424 e. The topological polar surface area (TPSA) is 93.2 Å². The monoisotopic (exact) mass is 362 g/mol. The van der Waals surface area contributed by atoms with Crippen molar-refractivity contribution in [3.63, 3.8) is 0 Å². The van der Waals surface area contributed by atoms with Crippen LogP contribution in [0.2, 0.25) is 0 Å². The molecule has 0 bridgehead atoms. The van der Waals surface area contributed by atoms with Crippen LogP contribution in [0.4, 0.5) is 11.4 Å². The van der Waals surface area contributed by atoms with Crippen LogP contribution in [0.25, 0.3) is 4.98 Å². The van der Waals surface area contributed by atoms with Crippen molar-refractivity contribution in [3.05, 3.63) is 17.1 Å². The second-order valence-electron chi connectivity index (χ2n) is 5.94. The maximum atomic E-state index is 12.0. The third kappa shape index (κ3) is 5.17. The number of benzene rings is 1. The van der Waals surface area contributed by atoms with Crippen molar-refractivity contribution in [1.29, 1.82) is 5.39 Å². The van der Waals surface area contributed by atoms with Gasteiger partial charge in [-0.3, -0.25) is 9.59 Å². The van der Waals surface area contributed by atoms with E-state index in [-0.39, 0.29) is 36.0 Å². The number of hydrogen-bond donors (Lipinski definition) is 0. The first-order valence-electron chi connectivity index (χ1n) is 8.86. The van der Waals surface area contributed by atoms with Crippen LogP contribution in [0.1, 0.15) is 39.5 Å². The lowest BCUT2D eigenvalue weighted by molar-refractivity contribution is -0.135. The molecule has 1 aromatic carbocycles. The Morgan fingerprint density at radius 2 is 1.65 bits per heavy atom. The summed E-state index contributed by atoms with van der Waals surface area (Å²) >= 11 is 0. The van der Waals surface area contributed by atoms with Crippen molar-refractivity contribution in [2.75, 3.05) is 31.2 Å². The van der Waals surface area contributed by atoms with Gasteiger partial charge in [0.25, 0.3) is 0 Å². The number of esters is 2. The van der Waals surface area contributed by atoms with Crippen LogP contribution in [0.5, 0.6) is 11.5 Å². The molecule has 1 aliphatic rings. The van der Waals surface area contributed by atoms with Gasteiger partial charge < -0.3 is 19.1 Å². The summed E-state index contributed by atoms with van der Waals surface area (Å²) in [4.78, 5) is 29.0. The minimum atomic E-state index is -0.416. The van der Waals surface area contributed by atoms with E-state index in [1.54, 1.807) is 6.07 Å². The largest absolute Gasteiger partial charge is 0.430 e. The number of diazo groups is 1.